The molecular weight excluding hydrogens is 188 g/mol. The number of hydrogen-bond donors (Lipinski definition) is 2. The molecule has 3 nitrogen and oxygen atoms in total. The molecule has 0 saturated heterocycles. The molecule has 88 valence electrons. The Labute approximate surface area is 92.8 Å². The van der Waals surface area contributed by atoms with Gasteiger partial charge in [0.2, 0.25) is 5.91 Å². The van der Waals surface area contributed by atoms with Gasteiger partial charge in [0.05, 0.1) is 6.04 Å². The van der Waals surface area contributed by atoms with Crippen molar-refractivity contribution in [3.8, 4) is 0 Å². The summed E-state index contributed by atoms with van der Waals surface area (Å²) in [4.78, 5) is 11.5. The van der Waals surface area contributed by atoms with Crippen molar-refractivity contribution in [2.75, 3.05) is 6.54 Å². The Morgan fingerprint density at radius 3 is 2.80 bits per heavy atom. The largest absolute Gasteiger partial charge is 0.355 e. The number of rotatable bonds is 7. The molecule has 3 heteroatoms. The molecule has 1 atom stereocenters. The summed E-state index contributed by atoms with van der Waals surface area (Å²) >= 11 is 0. The predicted octanol–water partition coefficient (Wildman–Crippen LogP) is 1.81. The van der Waals surface area contributed by atoms with Crippen molar-refractivity contribution >= 4 is 5.91 Å². The standard InChI is InChI=1S/C12H24N2O/c1-2-3-7-11(13)12(15)14-9-8-10-5-4-6-10/h10-11H,2-9,13H2,1H3,(H,14,15)/t11-/m0/s1. The maximum absolute atomic E-state index is 11.5. The van der Waals surface area contributed by atoms with E-state index in [1.165, 1.54) is 19.3 Å². The van der Waals surface area contributed by atoms with Gasteiger partial charge in [-0.15, -0.1) is 0 Å². The Kier molecular flexibility index (Phi) is 5.69. The maximum Gasteiger partial charge on any atom is 0.236 e. The molecule has 1 saturated carbocycles. The molecule has 1 rings (SSSR count). The molecule has 3 N–H and O–H groups in total. The first kappa shape index (κ1) is 12.5. The summed E-state index contributed by atoms with van der Waals surface area (Å²) in [6.45, 7) is 2.92. The minimum Gasteiger partial charge on any atom is -0.355 e. The lowest BCUT2D eigenvalue weighted by molar-refractivity contribution is -0.122. The molecular formula is C12H24N2O. The lowest BCUT2D eigenvalue weighted by Gasteiger charge is -2.25. The second kappa shape index (κ2) is 6.83. The van der Waals surface area contributed by atoms with Crippen LogP contribution < -0.4 is 11.1 Å². The molecule has 1 fully saturated rings. The van der Waals surface area contributed by atoms with Crippen molar-refractivity contribution in [1.82, 2.24) is 5.32 Å². The summed E-state index contributed by atoms with van der Waals surface area (Å²) in [5.74, 6) is 0.889. The van der Waals surface area contributed by atoms with Gasteiger partial charge in [0.15, 0.2) is 0 Å². The molecule has 0 unspecified atom stereocenters. The number of carbonyl (C=O) groups excluding carboxylic acids is 1. The van der Waals surface area contributed by atoms with Crippen LogP contribution in [0, 0.1) is 5.92 Å². The quantitative estimate of drug-likeness (QED) is 0.676. The van der Waals surface area contributed by atoms with E-state index < -0.39 is 0 Å². The van der Waals surface area contributed by atoms with Gasteiger partial charge in [-0.2, -0.15) is 0 Å². The molecule has 15 heavy (non-hydrogen) atoms. The van der Waals surface area contributed by atoms with Crippen molar-refractivity contribution in [3.63, 3.8) is 0 Å². The molecule has 0 spiro atoms. The van der Waals surface area contributed by atoms with Crippen LogP contribution in [0.4, 0.5) is 0 Å². The summed E-state index contributed by atoms with van der Waals surface area (Å²) in [5.41, 5.74) is 5.75. The van der Waals surface area contributed by atoms with Crippen LogP contribution in [0.5, 0.6) is 0 Å². The number of carbonyl (C=O) groups is 1. The zero-order valence-corrected chi connectivity index (χ0v) is 9.80. The minimum atomic E-state index is -0.300. The molecule has 0 bridgehead atoms. The van der Waals surface area contributed by atoms with E-state index in [2.05, 4.69) is 12.2 Å². The third-order valence-electron chi connectivity index (χ3n) is 3.28. The second-order valence-corrected chi connectivity index (χ2v) is 4.63. The number of unbranched alkanes of at least 4 members (excludes halogenated alkanes) is 1. The van der Waals surface area contributed by atoms with Crippen LogP contribution in [0.15, 0.2) is 0 Å². The summed E-state index contributed by atoms with van der Waals surface area (Å²) in [6, 6.07) is -0.300. The first-order chi connectivity index (χ1) is 7.24. The van der Waals surface area contributed by atoms with Crippen molar-refractivity contribution in [2.45, 2.75) is 57.9 Å². The number of amides is 1. The number of nitrogens with one attached hydrogen (secondary N) is 1. The van der Waals surface area contributed by atoms with Crippen LogP contribution >= 0.6 is 0 Å². The highest BCUT2D eigenvalue weighted by atomic mass is 16.2. The topological polar surface area (TPSA) is 55.1 Å². The minimum absolute atomic E-state index is 0.0303. The van der Waals surface area contributed by atoms with E-state index in [0.717, 1.165) is 38.1 Å². The molecule has 0 aliphatic heterocycles. The fourth-order valence-electron chi connectivity index (χ4n) is 1.87. The van der Waals surface area contributed by atoms with E-state index in [4.69, 9.17) is 5.73 Å². The highest BCUT2D eigenvalue weighted by Gasteiger charge is 2.18. The fraction of sp³-hybridized carbons (Fsp3) is 0.917. The van der Waals surface area contributed by atoms with Crippen LogP contribution in [-0.2, 0) is 4.79 Å². The van der Waals surface area contributed by atoms with E-state index in [1.807, 2.05) is 0 Å². The van der Waals surface area contributed by atoms with E-state index >= 15 is 0 Å². The molecule has 1 aliphatic carbocycles. The lowest BCUT2D eigenvalue weighted by atomic mass is 9.83. The SMILES string of the molecule is CCCC[C@H](N)C(=O)NCCC1CCC1. The van der Waals surface area contributed by atoms with Gasteiger partial charge in [-0.3, -0.25) is 4.79 Å². The van der Waals surface area contributed by atoms with E-state index in [0.29, 0.717) is 0 Å². The summed E-state index contributed by atoms with van der Waals surface area (Å²) in [7, 11) is 0. The Balaban J connectivity index is 2.00. The average molecular weight is 212 g/mol. The van der Waals surface area contributed by atoms with Crippen molar-refractivity contribution in [1.29, 1.82) is 0 Å². The Hall–Kier alpha value is -0.570. The second-order valence-electron chi connectivity index (χ2n) is 4.63. The van der Waals surface area contributed by atoms with Gasteiger partial charge < -0.3 is 11.1 Å². The first-order valence-electron chi connectivity index (χ1n) is 6.27. The van der Waals surface area contributed by atoms with Gasteiger partial charge in [-0.05, 0) is 18.8 Å². The van der Waals surface area contributed by atoms with Crippen molar-refractivity contribution in [2.24, 2.45) is 11.7 Å². The zero-order valence-electron chi connectivity index (χ0n) is 9.80. The van der Waals surface area contributed by atoms with Crippen molar-refractivity contribution < 1.29 is 4.79 Å². The van der Waals surface area contributed by atoms with Gasteiger partial charge in [0.1, 0.15) is 0 Å². The Bertz CT molecular complexity index is 190. The monoisotopic (exact) mass is 212 g/mol. The van der Waals surface area contributed by atoms with Crippen LogP contribution in [0.3, 0.4) is 0 Å². The highest BCUT2D eigenvalue weighted by molar-refractivity contribution is 5.81. The molecule has 1 aliphatic rings. The molecule has 0 aromatic carbocycles. The summed E-state index contributed by atoms with van der Waals surface area (Å²) in [6.07, 6.45) is 8.14. The lowest BCUT2D eigenvalue weighted by Crippen LogP contribution is -2.41. The van der Waals surface area contributed by atoms with Gasteiger partial charge in [0, 0.05) is 6.54 Å². The molecule has 0 heterocycles. The molecule has 0 aromatic rings. The van der Waals surface area contributed by atoms with Crippen LogP contribution in [0.1, 0.15) is 51.9 Å². The fourth-order valence-corrected chi connectivity index (χ4v) is 1.87. The van der Waals surface area contributed by atoms with Gasteiger partial charge in [-0.1, -0.05) is 39.0 Å². The number of nitrogens with two attached hydrogens (primary N) is 1. The molecule has 0 aromatic heterocycles. The third kappa shape index (κ3) is 4.65. The van der Waals surface area contributed by atoms with Gasteiger partial charge in [-0.25, -0.2) is 0 Å². The molecule has 0 radical (unpaired) electrons. The Morgan fingerprint density at radius 1 is 1.53 bits per heavy atom. The van der Waals surface area contributed by atoms with Gasteiger partial charge in [0.25, 0.3) is 0 Å². The zero-order chi connectivity index (χ0) is 11.1. The molecule has 1 amide bonds. The number of hydrogen-bond acceptors (Lipinski definition) is 2. The first-order valence-corrected chi connectivity index (χ1v) is 6.27. The van der Waals surface area contributed by atoms with E-state index in [9.17, 15) is 4.79 Å². The van der Waals surface area contributed by atoms with Crippen LogP contribution in [-0.4, -0.2) is 18.5 Å². The average Bonchev–Trinajstić information content (AvgIpc) is 2.17. The Morgan fingerprint density at radius 2 is 2.27 bits per heavy atom. The third-order valence-corrected chi connectivity index (χ3v) is 3.28. The van der Waals surface area contributed by atoms with Crippen LogP contribution in [0.25, 0.3) is 0 Å². The predicted molar refractivity (Wildman–Crippen MR) is 62.5 cm³/mol. The smallest absolute Gasteiger partial charge is 0.236 e. The maximum atomic E-state index is 11.5. The van der Waals surface area contributed by atoms with E-state index in [-0.39, 0.29) is 11.9 Å². The summed E-state index contributed by atoms with van der Waals surface area (Å²) < 4.78 is 0. The van der Waals surface area contributed by atoms with E-state index in [1.54, 1.807) is 0 Å². The highest BCUT2D eigenvalue weighted by Crippen LogP contribution is 2.28. The normalized spacial score (nSPS) is 18.3. The van der Waals surface area contributed by atoms with Crippen LogP contribution in [0.2, 0.25) is 0 Å². The van der Waals surface area contributed by atoms with Crippen molar-refractivity contribution in [3.05, 3.63) is 0 Å². The summed E-state index contributed by atoms with van der Waals surface area (Å²) in [5, 5.41) is 2.93. The van der Waals surface area contributed by atoms with Gasteiger partial charge >= 0.3 is 0 Å².